The van der Waals surface area contributed by atoms with Crippen molar-refractivity contribution in [3.05, 3.63) is 59.8 Å². The molecule has 1 fully saturated rings. The number of aryl methyl sites for hydroxylation is 1. The first-order chi connectivity index (χ1) is 12.7. The maximum absolute atomic E-state index is 13.0. The van der Waals surface area contributed by atoms with Crippen LogP contribution in [0.3, 0.4) is 0 Å². The van der Waals surface area contributed by atoms with E-state index in [0.29, 0.717) is 18.7 Å². The minimum absolute atomic E-state index is 0.0120. The summed E-state index contributed by atoms with van der Waals surface area (Å²) in [5.41, 5.74) is 3.19. The van der Waals surface area contributed by atoms with Crippen LogP contribution in [0.4, 0.5) is 0 Å². The number of aromatic nitrogens is 4. The molecule has 7 heteroatoms. The van der Waals surface area contributed by atoms with Crippen molar-refractivity contribution in [3.63, 3.8) is 0 Å². The summed E-state index contributed by atoms with van der Waals surface area (Å²) in [6.07, 6.45) is 8.81. The van der Waals surface area contributed by atoms with Crippen molar-refractivity contribution < 1.29 is 9.53 Å². The van der Waals surface area contributed by atoms with Gasteiger partial charge in [-0.1, -0.05) is 6.07 Å². The molecule has 0 bridgehead atoms. The molecule has 7 nitrogen and oxygen atoms in total. The number of carbonyl (C=O) groups is 1. The Kier molecular flexibility index (Phi) is 4.62. The average molecular weight is 351 g/mol. The molecule has 0 radical (unpaired) electrons. The monoisotopic (exact) mass is 351 g/mol. The number of fused-ring (bicyclic) bond motifs is 1. The van der Waals surface area contributed by atoms with Gasteiger partial charge in [0.25, 0.3) is 5.91 Å². The first-order valence-corrected chi connectivity index (χ1v) is 8.81. The number of rotatable bonds is 4. The lowest BCUT2D eigenvalue weighted by Crippen LogP contribution is -2.43. The molecule has 0 N–H and O–H groups in total. The van der Waals surface area contributed by atoms with Gasteiger partial charge in [0.1, 0.15) is 0 Å². The van der Waals surface area contributed by atoms with E-state index < -0.39 is 0 Å². The van der Waals surface area contributed by atoms with Crippen molar-refractivity contribution in [1.82, 2.24) is 24.5 Å². The summed E-state index contributed by atoms with van der Waals surface area (Å²) in [5.74, 6) is -0.0120. The van der Waals surface area contributed by atoms with E-state index >= 15 is 0 Å². The van der Waals surface area contributed by atoms with Crippen LogP contribution in [-0.4, -0.2) is 49.6 Å². The van der Waals surface area contributed by atoms with E-state index in [0.717, 1.165) is 36.3 Å². The summed E-state index contributed by atoms with van der Waals surface area (Å²) in [4.78, 5) is 23.3. The lowest BCUT2D eigenvalue weighted by molar-refractivity contribution is -0.00686. The minimum Gasteiger partial charge on any atom is -0.372 e. The molecular weight excluding hydrogens is 330 g/mol. The molecule has 0 unspecified atom stereocenters. The lowest BCUT2D eigenvalue weighted by atomic mass is 10.1. The zero-order valence-corrected chi connectivity index (χ0v) is 14.7. The largest absolute Gasteiger partial charge is 0.372 e. The van der Waals surface area contributed by atoms with Crippen molar-refractivity contribution in [1.29, 1.82) is 0 Å². The van der Waals surface area contributed by atoms with Crippen LogP contribution in [0.25, 0.3) is 5.65 Å². The number of ether oxygens (including phenoxy) is 1. The molecule has 0 aliphatic carbocycles. The number of hydrogen-bond acceptors (Lipinski definition) is 5. The van der Waals surface area contributed by atoms with Crippen molar-refractivity contribution >= 4 is 11.6 Å². The molecule has 26 heavy (non-hydrogen) atoms. The smallest absolute Gasteiger partial charge is 0.257 e. The lowest BCUT2D eigenvalue weighted by Gasteiger charge is -2.33. The molecule has 1 saturated heterocycles. The Morgan fingerprint density at radius 3 is 3.08 bits per heavy atom. The molecule has 0 aromatic carbocycles. The topological polar surface area (TPSA) is 72.6 Å². The highest BCUT2D eigenvalue weighted by Crippen LogP contribution is 2.19. The molecule has 4 heterocycles. The van der Waals surface area contributed by atoms with Crippen LogP contribution in [-0.2, 0) is 11.3 Å². The molecule has 1 atom stereocenters. The average Bonchev–Trinajstić information content (AvgIpc) is 3.17. The highest BCUT2D eigenvalue weighted by molar-refractivity contribution is 5.95. The zero-order chi connectivity index (χ0) is 17.9. The minimum atomic E-state index is -0.0120. The highest BCUT2D eigenvalue weighted by Gasteiger charge is 2.26. The number of carbonyl (C=O) groups excluding carboxylic acids is 1. The first kappa shape index (κ1) is 16.7. The summed E-state index contributed by atoms with van der Waals surface area (Å²) in [6.45, 7) is 3.74. The van der Waals surface area contributed by atoms with Crippen molar-refractivity contribution in [2.24, 2.45) is 0 Å². The predicted molar refractivity (Wildman–Crippen MR) is 95.7 cm³/mol. The maximum Gasteiger partial charge on any atom is 0.257 e. The van der Waals surface area contributed by atoms with E-state index in [1.54, 1.807) is 29.3 Å². The van der Waals surface area contributed by atoms with Crippen LogP contribution in [0.15, 0.2) is 43.0 Å². The third-order valence-corrected chi connectivity index (χ3v) is 4.76. The first-order valence-electron chi connectivity index (χ1n) is 8.81. The van der Waals surface area contributed by atoms with Gasteiger partial charge in [-0.3, -0.25) is 9.78 Å². The van der Waals surface area contributed by atoms with Gasteiger partial charge in [0, 0.05) is 37.7 Å². The third kappa shape index (κ3) is 3.30. The predicted octanol–water partition coefficient (Wildman–Crippen LogP) is 2.25. The van der Waals surface area contributed by atoms with Crippen LogP contribution < -0.4 is 0 Å². The Labute approximate surface area is 151 Å². The Morgan fingerprint density at radius 2 is 2.23 bits per heavy atom. The fourth-order valence-electron chi connectivity index (χ4n) is 3.33. The van der Waals surface area contributed by atoms with E-state index in [9.17, 15) is 4.79 Å². The SMILES string of the molecule is Cc1c(C(=O)N2CCC[C@@H](OCc3cccnc3)C2)cnc2ccnn12. The van der Waals surface area contributed by atoms with E-state index in [4.69, 9.17) is 4.74 Å². The van der Waals surface area contributed by atoms with Gasteiger partial charge in [0.05, 0.1) is 30.2 Å². The van der Waals surface area contributed by atoms with Gasteiger partial charge in [0.2, 0.25) is 0 Å². The van der Waals surface area contributed by atoms with Crippen LogP contribution >= 0.6 is 0 Å². The number of likely N-dealkylation sites (tertiary alicyclic amines) is 1. The van der Waals surface area contributed by atoms with Gasteiger partial charge in [-0.25, -0.2) is 9.50 Å². The number of piperidine rings is 1. The van der Waals surface area contributed by atoms with E-state index in [-0.39, 0.29) is 12.0 Å². The van der Waals surface area contributed by atoms with Gasteiger partial charge in [-0.2, -0.15) is 5.10 Å². The maximum atomic E-state index is 13.0. The summed E-state index contributed by atoms with van der Waals surface area (Å²) in [6, 6.07) is 5.72. The van der Waals surface area contributed by atoms with Crippen LogP contribution in [0.1, 0.15) is 34.5 Å². The summed E-state index contributed by atoms with van der Waals surface area (Å²) >= 11 is 0. The van der Waals surface area contributed by atoms with E-state index in [1.165, 1.54) is 0 Å². The molecule has 1 amide bonds. The van der Waals surface area contributed by atoms with Crippen LogP contribution in [0.2, 0.25) is 0 Å². The van der Waals surface area contributed by atoms with Gasteiger partial charge in [0.15, 0.2) is 5.65 Å². The normalized spacial score (nSPS) is 17.6. The number of amides is 1. The van der Waals surface area contributed by atoms with Gasteiger partial charge in [-0.15, -0.1) is 0 Å². The Morgan fingerprint density at radius 1 is 1.31 bits per heavy atom. The third-order valence-electron chi connectivity index (χ3n) is 4.76. The quantitative estimate of drug-likeness (QED) is 0.721. The van der Waals surface area contributed by atoms with Gasteiger partial charge in [-0.05, 0) is 31.4 Å². The number of pyridine rings is 1. The standard InChI is InChI=1S/C19H21N5O2/c1-14-17(11-21-18-6-8-22-24(14)18)19(25)23-9-3-5-16(12-23)26-13-15-4-2-7-20-10-15/h2,4,6-8,10-11,16H,3,5,9,12-13H2,1H3/t16-/m1/s1. The number of nitrogens with zero attached hydrogens (tertiary/aromatic N) is 5. The molecule has 3 aromatic heterocycles. The van der Waals surface area contributed by atoms with E-state index in [1.807, 2.05) is 30.0 Å². The number of hydrogen-bond donors (Lipinski definition) is 0. The second-order valence-corrected chi connectivity index (χ2v) is 6.55. The molecule has 1 aliphatic heterocycles. The Hall–Kier alpha value is -2.80. The fraction of sp³-hybridized carbons (Fsp3) is 0.368. The molecule has 0 saturated carbocycles. The van der Waals surface area contributed by atoms with Crippen LogP contribution in [0.5, 0.6) is 0 Å². The zero-order valence-electron chi connectivity index (χ0n) is 14.7. The second kappa shape index (κ2) is 7.21. The van der Waals surface area contributed by atoms with Crippen molar-refractivity contribution in [2.75, 3.05) is 13.1 Å². The summed E-state index contributed by atoms with van der Waals surface area (Å²) < 4.78 is 7.71. The molecule has 0 spiro atoms. The van der Waals surface area contributed by atoms with Gasteiger partial charge >= 0.3 is 0 Å². The van der Waals surface area contributed by atoms with E-state index in [2.05, 4.69) is 15.1 Å². The van der Waals surface area contributed by atoms with Gasteiger partial charge < -0.3 is 9.64 Å². The summed E-state index contributed by atoms with van der Waals surface area (Å²) in [7, 11) is 0. The fourth-order valence-corrected chi connectivity index (χ4v) is 3.33. The molecule has 4 rings (SSSR count). The second-order valence-electron chi connectivity index (χ2n) is 6.55. The molecule has 1 aliphatic rings. The molecule has 3 aromatic rings. The molecular formula is C19H21N5O2. The van der Waals surface area contributed by atoms with Crippen molar-refractivity contribution in [2.45, 2.75) is 32.5 Å². The van der Waals surface area contributed by atoms with Crippen molar-refractivity contribution in [3.8, 4) is 0 Å². The Bertz CT molecular complexity index is 909. The highest BCUT2D eigenvalue weighted by atomic mass is 16.5. The summed E-state index contributed by atoms with van der Waals surface area (Å²) in [5, 5.41) is 4.24. The Balaban J connectivity index is 1.44. The van der Waals surface area contributed by atoms with Crippen LogP contribution in [0, 0.1) is 6.92 Å². The molecule has 134 valence electrons.